The zero-order valence-electron chi connectivity index (χ0n) is 10.8. The minimum Gasteiger partial charge on any atom is -0.478 e. The summed E-state index contributed by atoms with van der Waals surface area (Å²) in [7, 11) is 0. The molecule has 6 heteroatoms. The van der Waals surface area contributed by atoms with E-state index in [-0.39, 0.29) is 10.7 Å². The third-order valence-corrected chi connectivity index (χ3v) is 3.61. The lowest BCUT2D eigenvalue weighted by Crippen LogP contribution is -2.29. The van der Waals surface area contributed by atoms with Crippen LogP contribution in [0.3, 0.4) is 0 Å². The molecule has 1 aromatic heterocycles. The van der Waals surface area contributed by atoms with Crippen molar-refractivity contribution in [1.82, 2.24) is 4.98 Å². The molecule has 0 saturated carbocycles. The van der Waals surface area contributed by atoms with Crippen LogP contribution in [0.15, 0.2) is 12.1 Å². The summed E-state index contributed by atoms with van der Waals surface area (Å²) in [5.41, 5.74) is -0.533. The first-order valence-electron chi connectivity index (χ1n) is 6.26. The van der Waals surface area contributed by atoms with E-state index in [4.69, 9.17) is 16.7 Å². The Balaban J connectivity index is 2.24. The monoisotopic (exact) mass is 284 g/mol. The molecule has 0 aromatic carbocycles. The number of carbonyl (C=O) groups is 1. The van der Waals surface area contributed by atoms with E-state index in [1.54, 1.807) is 0 Å². The van der Waals surface area contributed by atoms with Crippen LogP contribution in [0.2, 0.25) is 5.15 Å². The van der Waals surface area contributed by atoms with Crippen molar-refractivity contribution in [2.45, 2.75) is 31.8 Å². The molecule has 1 fully saturated rings. The van der Waals surface area contributed by atoms with Crippen molar-refractivity contribution in [3.05, 3.63) is 22.8 Å². The highest BCUT2D eigenvalue weighted by atomic mass is 35.5. The van der Waals surface area contributed by atoms with E-state index in [1.807, 2.05) is 11.8 Å². The summed E-state index contributed by atoms with van der Waals surface area (Å²) in [6, 6.07) is 2.86. The van der Waals surface area contributed by atoms with Gasteiger partial charge in [0.15, 0.2) is 0 Å². The van der Waals surface area contributed by atoms with Gasteiger partial charge in [-0.15, -0.1) is 0 Å². The summed E-state index contributed by atoms with van der Waals surface area (Å²) in [6.45, 7) is 3.20. The Bertz CT molecular complexity index is 491. The van der Waals surface area contributed by atoms with Crippen molar-refractivity contribution in [3.63, 3.8) is 0 Å². The highest BCUT2D eigenvalue weighted by molar-refractivity contribution is 6.29. The van der Waals surface area contributed by atoms with Gasteiger partial charge >= 0.3 is 5.97 Å². The standard InChI is InChI=1S/C13H17ClN2O3/c1-13(19)3-2-5-16(6-4-13)11-8-9(12(17)18)7-10(14)15-11/h7-8,19H,2-6H2,1H3,(H,17,18). The van der Waals surface area contributed by atoms with Crippen molar-refractivity contribution in [1.29, 1.82) is 0 Å². The largest absolute Gasteiger partial charge is 0.478 e. The molecule has 0 amide bonds. The van der Waals surface area contributed by atoms with Gasteiger partial charge in [-0.1, -0.05) is 11.6 Å². The summed E-state index contributed by atoms with van der Waals surface area (Å²) in [6.07, 6.45) is 2.20. The number of carboxylic acid groups (broad SMARTS) is 1. The van der Waals surface area contributed by atoms with E-state index in [2.05, 4.69) is 4.98 Å². The van der Waals surface area contributed by atoms with Crippen LogP contribution < -0.4 is 4.90 Å². The number of aliphatic hydroxyl groups is 1. The molecule has 104 valence electrons. The second-order valence-electron chi connectivity index (χ2n) is 5.18. The van der Waals surface area contributed by atoms with Crippen molar-refractivity contribution >= 4 is 23.4 Å². The zero-order chi connectivity index (χ0) is 14.0. The minimum absolute atomic E-state index is 0.131. The summed E-state index contributed by atoms with van der Waals surface area (Å²) in [5.74, 6) is -0.463. The second-order valence-corrected chi connectivity index (χ2v) is 5.57. The first-order valence-corrected chi connectivity index (χ1v) is 6.63. The van der Waals surface area contributed by atoms with E-state index < -0.39 is 11.6 Å². The number of carboxylic acids is 1. The van der Waals surface area contributed by atoms with Crippen LogP contribution in [-0.4, -0.2) is 39.9 Å². The van der Waals surface area contributed by atoms with Gasteiger partial charge in [0.05, 0.1) is 11.2 Å². The molecule has 1 atom stereocenters. The number of aromatic nitrogens is 1. The average Bonchev–Trinajstić information content (AvgIpc) is 2.49. The molecular formula is C13H17ClN2O3. The van der Waals surface area contributed by atoms with Gasteiger partial charge in [0.25, 0.3) is 0 Å². The Morgan fingerprint density at radius 3 is 2.84 bits per heavy atom. The molecule has 1 saturated heterocycles. The number of aromatic carboxylic acids is 1. The van der Waals surface area contributed by atoms with Crippen molar-refractivity contribution in [2.24, 2.45) is 0 Å². The molecule has 2 N–H and O–H groups in total. The highest BCUT2D eigenvalue weighted by Crippen LogP contribution is 2.25. The Labute approximate surface area is 116 Å². The molecule has 5 nitrogen and oxygen atoms in total. The molecule has 1 unspecified atom stereocenters. The smallest absolute Gasteiger partial charge is 0.335 e. The van der Waals surface area contributed by atoms with Gasteiger partial charge in [-0.25, -0.2) is 9.78 Å². The number of nitrogens with zero attached hydrogens (tertiary/aromatic N) is 2. The number of anilines is 1. The van der Waals surface area contributed by atoms with Gasteiger partial charge in [0, 0.05) is 13.1 Å². The molecule has 0 aliphatic carbocycles. The fourth-order valence-electron chi connectivity index (χ4n) is 2.26. The molecule has 0 radical (unpaired) electrons. The number of hydrogen-bond donors (Lipinski definition) is 2. The van der Waals surface area contributed by atoms with E-state index in [0.717, 1.165) is 19.4 Å². The molecule has 0 spiro atoms. The Morgan fingerprint density at radius 2 is 2.16 bits per heavy atom. The van der Waals surface area contributed by atoms with Crippen molar-refractivity contribution < 1.29 is 15.0 Å². The van der Waals surface area contributed by atoms with Gasteiger partial charge in [-0.3, -0.25) is 0 Å². The van der Waals surface area contributed by atoms with Gasteiger partial charge < -0.3 is 15.1 Å². The maximum absolute atomic E-state index is 11.0. The minimum atomic E-state index is -1.02. The topological polar surface area (TPSA) is 73.7 Å². The molecule has 0 bridgehead atoms. The first-order chi connectivity index (χ1) is 8.87. The molecule has 2 heterocycles. The quantitative estimate of drug-likeness (QED) is 0.814. The molecular weight excluding hydrogens is 268 g/mol. The average molecular weight is 285 g/mol. The fraction of sp³-hybridized carbons (Fsp3) is 0.538. The fourth-order valence-corrected chi connectivity index (χ4v) is 2.47. The Kier molecular flexibility index (Phi) is 3.96. The molecule has 19 heavy (non-hydrogen) atoms. The molecule has 1 aliphatic rings. The number of hydrogen-bond acceptors (Lipinski definition) is 4. The zero-order valence-corrected chi connectivity index (χ0v) is 11.5. The Morgan fingerprint density at radius 1 is 1.42 bits per heavy atom. The summed E-state index contributed by atoms with van der Waals surface area (Å²) in [4.78, 5) is 17.2. The van der Waals surface area contributed by atoms with Crippen LogP contribution in [0.5, 0.6) is 0 Å². The van der Waals surface area contributed by atoms with Crippen LogP contribution in [0.25, 0.3) is 0 Å². The van der Waals surface area contributed by atoms with Gasteiger partial charge in [0.2, 0.25) is 0 Å². The van der Waals surface area contributed by atoms with E-state index in [0.29, 0.717) is 18.8 Å². The lowest BCUT2D eigenvalue weighted by molar-refractivity contribution is 0.0481. The van der Waals surface area contributed by atoms with Crippen LogP contribution in [0.4, 0.5) is 5.82 Å². The van der Waals surface area contributed by atoms with Crippen LogP contribution in [0, 0.1) is 0 Å². The normalized spacial score (nSPS) is 24.1. The molecule has 1 aliphatic heterocycles. The number of halogens is 1. The van der Waals surface area contributed by atoms with E-state index >= 15 is 0 Å². The summed E-state index contributed by atoms with van der Waals surface area (Å²) in [5, 5.41) is 19.2. The molecule has 1 aromatic rings. The SMILES string of the molecule is CC1(O)CCCN(c2cc(C(=O)O)cc(Cl)n2)CC1. The molecule has 2 rings (SSSR count). The van der Waals surface area contributed by atoms with E-state index in [9.17, 15) is 9.90 Å². The third-order valence-electron chi connectivity index (χ3n) is 3.42. The van der Waals surface area contributed by atoms with Crippen LogP contribution in [-0.2, 0) is 0 Å². The van der Waals surface area contributed by atoms with Crippen LogP contribution >= 0.6 is 11.6 Å². The van der Waals surface area contributed by atoms with Gasteiger partial charge in [-0.05, 0) is 38.3 Å². The van der Waals surface area contributed by atoms with E-state index in [1.165, 1.54) is 12.1 Å². The maximum Gasteiger partial charge on any atom is 0.335 e. The predicted molar refractivity (Wildman–Crippen MR) is 72.9 cm³/mol. The first kappa shape index (κ1) is 14.1. The predicted octanol–water partition coefficient (Wildman–Crippen LogP) is 2.17. The lowest BCUT2D eigenvalue weighted by Gasteiger charge is -2.23. The van der Waals surface area contributed by atoms with Gasteiger partial charge in [-0.2, -0.15) is 0 Å². The maximum atomic E-state index is 11.0. The van der Waals surface area contributed by atoms with Crippen molar-refractivity contribution in [2.75, 3.05) is 18.0 Å². The highest BCUT2D eigenvalue weighted by Gasteiger charge is 2.25. The second kappa shape index (κ2) is 5.35. The summed E-state index contributed by atoms with van der Waals surface area (Å²) >= 11 is 5.86. The number of rotatable bonds is 2. The summed E-state index contributed by atoms with van der Waals surface area (Å²) < 4.78 is 0. The number of pyridine rings is 1. The van der Waals surface area contributed by atoms with Gasteiger partial charge in [0.1, 0.15) is 11.0 Å². The van der Waals surface area contributed by atoms with Crippen molar-refractivity contribution in [3.8, 4) is 0 Å². The van der Waals surface area contributed by atoms with Crippen LogP contribution in [0.1, 0.15) is 36.5 Å². The Hall–Kier alpha value is -1.33. The lowest BCUT2D eigenvalue weighted by atomic mass is 9.98. The third kappa shape index (κ3) is 3.58.